The number of nitrogens with zero attached hydrogens (tertiary/aromatic N) is 3. The zero-order valence-corrected chi connectivity index (χ0v) is 9.44. The molecule has 1 aromatic heterocycles. The molecule has 18 heavy (non-hydrogen) atoms. The normalized spacial score (nSPS) is 19.3. The van der Waals surface area contributed by atoms with Crippen LogP contribution in [-0.2, 0) is 9.53 Å². The number of morpholine rings is 1. The largest absolute Gasteiger partial charge is 0.480 e. The van der Waals surface area contributed by atoms with Crippen LogP contribution in [0.1, 0.15) is 0 Å². The van der Waals surface area contributed by atoms with Crippen molar-refractivity contribution in [3.05, 3.63) is 18.5 Å². The van der Waals surface area contributed by atoms with Gasteiger partial charge in [0.1, 0.15) is 0 Å². The third-order valence-electron chi connectivity index (χ3n) is 2.46. The summed E-state index contributed by atoms with van der Waals surface area (Å²) in [5.74, 6) is -0.961. The van der Waals surface area contributed by atoms with Crippen LogP contribution in [-0.4, -0.2) is 57.8 Å². The number of anilines is 1. The lowest BCUT2D eigenvalue weighted by atomic mass is 10.2. The minimum Gasteiger partial charge on any atom is -0.480 e. The first-order valence-electron chi connectivity index (χ1n) is 5.33. The second-order valence-corrected chi connectivity index (χ2v) is 3.62. The van der Waals surface area contributed by atoms with E-state index in [1.165, 1.54) is 17.3 Å². The van der Waals surface area contributed by atoms with E-state index in [1.807, 2.05) is 0 Å². The van der Waals surface area contributed by atoms with Crippen LogP contribution in [0, 0.1) is 0 Å². The van der Waals surface area contributed by atoms with Gasteiger partial charge in [0.25, 0.3) is 0 Å². The van der Waals surface area contributed by atoms with Gasteiger partial charge in [0.2, 0.25) is 5.95 Å². The Morgan fingerprint density at radius 3 is 2.83 bits per heavy atom. The lowest BCUT2D eigenvalue weighted by Gasteiger charge is -2.32. The number of carboxylic acid groups (broad SMARTS) is 1. The number of ether oxygens (including phenoxy) is 1. The van der Waals surface area contributed by atoms with Gasteiger partial charge in [-0.2, -0.15) is 0 Å². The van der Waals surface area contributed by atoms with Crippen molar-refractivity contribution in [3.8, 4) is 0 Å². The third kappa shape index (κ3) is 2.72. The summed E-state index contributed by atoms with van der Waals surface area (Å²) in [5, 5.41) is 11.4. The van der Waals surface area contributed by atoms with Crippen LogP contribution < -0.4 is 5.32 Å². The van der Waals surface area contributed by atoms with Gasteiger partial charge < -0.3 is 14.7 Å². The average molecular weight is 252 g/mol. The van der Waals surface area contributed by atoms with Crippen molar-refractivity contribution < 1.29 is 19.4 Å². The molecule has 0 saturated carbocycles. The SMILES string of the molecule is O=C(O)C1COCCN1C(=O)Nc1ncccn1. The summed E-state index contributed by atoms with van der Waals surface area (Å²) in [7, 11) is 0. The molecule has 2 rings (SSSR count). The van der Waals surface area contributed by atoms with Crippen LogP contribution in [0.4, 0.5) is 10.7 Å². The molecule has 1 aromatic rings. The molecule has 96 valence electrons. The van der Waals surface area contributed by atoms with E-state index in [1.54, 1.807) is 6.07 Å². The smallest absolute Gasteiger partial charge is 0.328 e. The molecule has 0 bridgehead atoms. The van der Waals surface area contributed by atoms with Crippen molar-refractivity contribution in [2.24, 2.45) is 0 Å². The molecule has 0 radical (unpaired) electrons. The molecule has 2 amide bonds. The van der Waals surface area contributed by atoms with E-state index in [2.05, 4.69) is 15.3 Å². The Morgan fingerprint density at radius 1 is 1.44 bits per heavy atom. The molecular weight excluding hydrogens is 240 g/mol. The first-order valence-corrected chi connectivity index (χ1v) is 5.33. The number of carbonyl (C=O) groups is 2. The highest BCUT2D eigenvalue weighted by Crippen LogP contribution is 2.09. The maximum atomic E-state index is 11.9. The number of hydrogen-bond acceptors (Lipinski definition) is 5. The fraction of sp³-hybridized carbons (Fsp3) is 0.400. The van der Waals surface area contributed by atoms with Gasteiger partial charge in [-0.3, -0.25) is 5.32 Å². The molecule has 2 heterocycles. The minimum absolute atomic E-state index is 0.0155. The second-order valence-electron chi connectivity index (χ2n) is 3.62. The number of aliphatic carboxylic acids is 1. The van der Waals surface area contributed by atoms with Crippen molar-refractivity contribution in [3.63, 3.8) is 0 Å². The molecule has 8 heteroatoms. The molecule has 1 unspecified atom stereocenters. The molecule has 0 aliphatic carbocycles. The Hall–Kier alpha value is -2.22. The van der Waals surface area contributed by atoms with Crippen LogP contribution in [0.3, 0.4) is 0 Å². The maximum Gasteiger partial charge on any atom is 0.328 e. The first kappa shape index (κ1) is 12.2. The van der Waals surface area contributed by atoms with E-state index in [-0.39, 0.29) is 19.1 Å². The Morgan fingerprint density at radius 2 is 2.17 bits per heavy atom. The monoisotopic (exact) mass is 252 g/mol. The second kappa shape index (κ2) is 5.41. The summed E-state index contributed by atoms with van der Waals surface area (Å²) in [4.78, 5) is 31.8. The van der Waals surface area contributed by atoms with E-state index in [9.17, 15) is 9.59 Å². The molecule has 1 saturated heterocycles. The van der Waals surface area contributed by atoms with Gasteiger partial charge in [-0.1, -0.05) is 0 Å². The van der Waals surface area contributed by atoms with E-state index < -0.39 is 18.0 Å². The number of nitrogens with one attached hydrogen (secondary N) is 1. The highest BCUT2D eigenvalue weighted by atomic mass is 16.5. The molecule has 2 N–H and O–H groups in total. The Balaban J connectivity index is 2.05. The Labute approximate surface area is 103 Å². The highest BCUT2D eigenvalue weighted by molar-refractivity contribution is 5.91. The molecule has 1 fully saturated rings. The Kier molecular flexibility index (Phi) is 3.68. The summed E-state index contributed by atoms with van der Waals surface area (Å²) in [6.07, 6.45) is 2.97. The quantitative estimate of drug-likeness (QED) is 0.754. The van der Waals surface area contributed by atoms with Gasteiger partial charge >= 0.3 is 12.0 Å². The lowest BCUT2D eigenvalue weighted by Crippen LogP contribution is -2.54. The Bertz CT molecular complexity index is 439. The van der Waals surface area contributed by atoms with Crippen molar-refractivity contribution in [1.29, 1.82) is 0 Å². The van der Waals surface area contributed by atoms with Crippen molar-refractivity contribution in [1.82, 2.24) is 14.9 Å². The predicted octanol–water partition coefficient (Wildman–Crippen LogP) is -0.206. The maximum absolute atomic E-state index is 11.9. The molecule has 0 aromatic carbocycles. The van der Waals surface area contributed by atoms with Crippen LogP contribution >= 0.6 is 0 Å². The summed E-state index contributed by atoms with van der Waals surface area (Å²) >= 11 is 0. The third-order valence-corrected chi connectivity index (χ3v) is 2.46. The van der Waals surface area contributed by atoms with Crippen LogP contribution in [0.15, 0.2) is 18.5 Å². The van der Waals surface area contributed by atoms with Gasteiger partial charge in [0.15, 0.2) is 6.04 Å². The number of carboxylic acids is 1. The van der Waals surface area contributed by atoms with Gasteiger partial charge in [-0.15, -0.1) is 0 Å². The van der Waals surface area contributed by atoms with Crippen molar-refractivity contribution in [2.75, 3.05) is 25.1 Å². The molecule has 1 aliphatic heterocycles. The molecular formula is C10H12N4O4. The zero-order valence-electron chi connectivity index (χ0n) is 9.44. The number of carbonyl (C=O) groups excluding carboxylic acids is 1. The fourth-order valence-corrected chi connectivity index (χ4v) is 1.58. The molecule has 1 aliphatic rings. The van der Waals surface area contributed by atoms with Crippen LogP contribution in [0.2, 0.25) is 0 Å². The standard InChI is InChI=1S/C10H12N4O4/c15-8(16)7-6-18-5-4-14(7)10(17)13-9-11-2-1-3-12-9/h1-3,7H,4-6H2,(H,15,16)(H,11,12,13,17). The highest BCUT2D eigenvalue weighted by Gasteiger charge is 2.32. The van der Waals surface area contributed by atoms with E-state index >= 15 is 0 Å². The van der Waals surface area contributed by atoms with E-state index in [0.717, 1.165) is 0 Å². The van der Waals surface area contributed by atoms with Gasteiger partial charge in [-0.25, -0.2) is 19.6 Å². The summed E-state index contributed by atoms with van der Waals surface area (Å²) in [6.45, 7) is 0.515. The average Bonchev–Trinajstić information content (AvgIpc) is 2.40. The van der Waals surface area contributed by atoms with Crippen LogP contribution in [0.25, 0.3) is 0 Å². The zero-order chi connectivity index (χ0) is 13.0. The molecule has 0 spiro atoms. The number of rotatable bonds is 2. The number of aromatic nitrogens is 2. The summed E-state index contributed by atoms with van der Waals surface area (Å²) in [6, 6.07) is 0.0872. The number of urea groups is 1. The fourth-order valence-electron chi connectivity index (χ4n) is 1.58. The number of amides is 2. The van der Waals surface area contributed by atoms with Crippen molar-refractivity contribution in [2.45, 2.75) is 6.04 Å². The van der Waals surface area contributed by atoms with Gasteiger partial charge in [0.05, 0.1) is 13.2 Å². The number of hydrogen-bond donors (Lipinski definition) is 2. The van der Waals surface area contributed by atoms with Crippen LogP contribution in [0.5, 0.6) is 0 Å². The topological polar surface area (TPSA) is 105 Å². The summed E-state index contributed by atoms with van der Waals surface area (Å²) < 4.78 is 5.04. The van der Waals surface area contributed by atoms with Crippen molar-refractivity contribution >= 4 is 17.9 Å². The molecule has 1 atom stereocenters. The summed E-state index contributed by atoms with van der Waals surface area (Å²) in [5.41, 5.74) is 0. The van der Waals surface area contributed by atoms with Gasteiger partial charge in [0, 0.05) is 18.9 Å². The minimum atomic E-state index is -1.10. The van der Waals surface area contributed by atoms with E-state index in [4.69, 9.17) is 9.84 Å². The molecule has 8 nitrogen and oxygen atoms in total. The predicted molar refractivity (Wildman–Crippen MR) is 60.0 cm³/mol. The first-order chi connectivity index (χ1) is 8.68. The van der Waals surface area contributed by atoms with E-state index in [0.29, 0.717) is 6.61 Å². The lowest BCUT2D eigenvalue weighted by molar-refractivity contribution is -0.147. The van der Waals surface area contributed by atoms with Gasteiger partial charge in [-0.05, 0) is 6.07 Å².